The highest BCUT2D eigenvalue weighted by atomic mass is 16.4. The normalized spacial score (nSPS) is 11.7. The van der Waals surface area contributed by atoms with E-state index in [4.69, 9.17) is 5.11 Å². The number of hydrogen-bond donors (Lipinski definition) is 1. The van der Waals surface area contributed by atoms with Crippen LogP contribution in [-0.4, -0.2) is 15.6 Å². The van der Waals surface area contributed by atoms with Gasteiger partial charge in [0.05, 0.1) is 0 Å². The van der Waals surface area contributed by atoms with Crippen LogP contribution in [0.1, 0.15) is 26.3 Å². The van der Waals surface area contributed by atoms with Gasteiger partial charge in [-0.25, -0.2) is 4.79 Å². The number of hydrogen-bond acceptors (Lipinski definition) is 1. The lowest BCUT2D eigenvalue weighted by Crippen LogP contribution is -1.93. The van der Waals surface area contributed by atoms with Gasteiger partial charge in [0.15, 0.2) is 0 Å². The zero-order valence-electron chi connectivity index (χ0n) is 12.1. The molecule has 0 aliphatic heterocycles. The lowest BCUT2D eigenvalue weighted by Gasteiger charge is -2.05. The number of rotatable bonds is 4. The molecule has 0 radical (unpaired) electrons. The second kappa shape index (κ2) is 5.78. The molecular weight excluding hydrogens is 250 g/mol. The maximum absolute atomic E-state index is 10.7. The first-order valence-electron chi connectivity index (χ1n) is 6.61. The second-order valence-corrected chi connectivity index (χ2v) is 5.19. The van der Waals surface area contributed by atoms with Crippen LogP contribution in [0.25, 0.3) is 16.5 Å². The second-order valence-electron chi connectivity index (χ2n) is 5.19. The molecule has 20 heavy (non-hydrogen) atoms. The molecule has 3 heteroatoms. The highest BCUT2D eigenvalue weighted by Crippen LogP contribution is 2.22. The molecule has 1 aromatic carbocycles. The van der Waals surface area contributed by atoms with Gasteiger partial charge >= 0.3 is 5.97 Å². The summed E-state index contributed by atoms with van der Waals surface area (Å²) in [4.78, 5) is 10.7. The maximum Gasteiger partial charge on any atom is 0.328 e. The Morgan fingerprint density at radius 2 is 2.00 bits per heavy atom. The van der Waals surface area contributed by atoms with Crippen LogP contribution in [0, 0.1) is 0 Å². The SMILES string of the molecule is CC(C)=CCn1ccc2cc(/C(C)=C/C(=O)O)ccc21. The van der Waals surface area contributed by atoms with E-state index in [0.717, 1.165) is 28.6 Å². The fraction of sp³-hybridized carbons (Fsp3) is 0.235. The summed E-state index contributed by atoms with van der Waals surface area (Å²) in [6.07, 6.45) is 5.48. The van der Waals surface area contributed by atoms with E-state index in [2.05, 4.69) is 36.8 Å². The van der Waals surface area contributed by atoms with E-state index in [-0.39, 0.29) is 0 Å². The highest BCUT2D eigenvalue weighted by Gasteiger charge is 2.04. The van der Waals surface area contributed by atoms with Gasteiger partial charge in [-0.1, -0.05) is 17.7 Å². The Morgan fingerprint density at radius 3 is 2.65 bits per heavy atom. The van der Waals surface area contributed by atoms with Gasteiger partial charge in [0.25, 0.3) is 0 Å². The van der Waals surface area contributed by atoms with Crippen molar-refractivity contribution in [2.45, 2.75) is 27.3 Å². The minimum Gasteiger partial charge on any atom is -0.478 e. The zero-order valence-corrected chi connectivity index (χ0v) is 12.1. The van der Waals surface area contributed by atoms with E-state index < -0.39 is 5.97 Å². The first kappa shape index (κ1) is 14.1. The van der Waals surface area contributed by atoms with E-state index in [0.29, 0.717) is 0 Å². The van der Waals surface area contributed by atoms with Crippen molar-refractivity contribution >= 4 is 22.4 Å². The van der Waals surface area contributed by atoms with Crippen molar-refractivity contribution in [3.05, 3.63) is 53.8 Å². The number of benzene rings is 1. The van der Waals surface area contributed by atoms with Crippen LogP contribution in [0.3, 0.4) is 0 Å². The topological polar surface area (TPSA) is 42.2 Å². The summed E-state index contributed by atoms with van der Waals surface area (Å²) in [6, 6.07) is 8.10. The van der Waals surface area contributed by atoms with Gasteiger partial charge in [0.2, 0.25) is 0 Å². The number of fused-ring (bicyclic) bond motifs is 1. The van der Waals surface area contributed by atoms with E-state index in [1.165, 1.54) is 11.6 Å². The van der Waals surface area contributed by atoms with Crippen LogP contribution in [0.2, 0.25) is 0 Å². The Kier molecular flexibility index (Phi) is 4.08. The fourth-order valence-electron chi connectivity index (χ4n) is 2.15. The van der Waals surface area contributed by atoms with Gasteiger partial charge in [0.1, 0.15) is 0 Å². The van der Waals surface area contributed by atoms with Gasteiger partial charge in [0, 0.05) is 29.7 Å². The molecule has 1 heterocycles. The molecule has 0 spiro atoms. The minimum absolute atomic E-state index is 0.761. The number of carbonyl (C=O) groups is 1. The Hall–Kier alpha value is -2.29. The predicted octanol–water partition coefficient (Wildman–Crippen LogP) is 4.10. The highest BCUT2D eigenvalue weighted by molar-refractivity contribution is 5.91. The third-order valence-electron chi connectivity index (χ3n) is 3.26. The number of carboxylic acids is 1. The monoisotopic (exact) mass is 269 g/mol. The van der Waals surface area contributed by atoms with Crippen molar-refractivity contribution < 1.29 is 9.90 Å². The van der Waals surface area contributed by atoms with Crippen LogP contribution in [0.5, 0.6) is 0 Å². The third kappa shape index (κ3) is 3.18. The van der Waals surface area contributed by atoms with Crippen molar-refractivity contribution in [2.75, 3.05) is 0 Å². The molecular formula is C17H19NO2. The minimum atomic E-state index is -0.913. The molecule has 1 aromatic heterocycles. The lowest BCUT2D eigenvalue weighted by atomic mass is 10.1. The summed E-state index contributed by atoms with van der Waals surface area (Å²) < 4.78 is 2.18. The molecule has 0 bridgehead atoms. The third-order valence-corrected chi connectivity index (χ3v) is 3.26. The smallest absolute Gasteiger partial charge is 0.328 e. The Bertz CT molecular complexity index is 701. The summed E-state index contributed by atoms with van der Waals surface area (Å²) in [5.74, 6) is -0.913. The molecule has 0 amide bonds. The lowest BCUT2D eigenvalue weighted by molar-refractivity contribution is -0.131. The molecule has 2 aromatic rings. The average Bonchev–Trinajstić information content (AvgIpc) is 2.77. The van der Waals surface area contributed by atoms with Crippen molar-refractivity contribution in [1.82, 2.24) is 4.57 Å². The largest absolute Gasteiger partial charge is 0.478 e. The molecule has 0 fully saturated rings. The molecule has 3 nitrogen and oxygen atoms in total. The quantitative estimate of drug-likeness (QED) is 0.671. The van der Waals surface area contributed by atoms with Crippen molar-refractivity contribution in [3.8, 4) is 0 Å². The molecule has 0 unspecified atom stereocenters. The van der Waals surface area contributed by atoms with Crippen molar-refractivity contribution in [3.63, 3.8) is 0 Å². The van der Waals surface area contributed by atoms with Crippen LogP contribution < -0.4 is 0 Å². The molecule has 1 N–H and O–H groups in total. The molecule has 0 atom stereocenters. The van der Waals surface area contributed by atoms with Crippen LogP contribution in [0.15, 0.2) is 48.2 Å². The number of nitrogens with zero attached hydrogens (tertiary/aromatic N) is 1. The number of aromatic nitrogens is 1. The number of carboxylic acid groups (broad SMARTS) is 1. The first-order valence-corrected chi connectivity index (χ1v) is 6.61. The molecule has 0 aliphatic rings. The fourth-order valence-corrected chi connectivity index (χ4v) is 2.15. The van der Waals surface area contributed by atoms with Gasteiger partial charge in [-0.15, -0.1) is 0 Å². The van der Waals surface area contributed by atoms with Gasteiger partial charge in [-0.3, -0.25) is 0 Å². The number of allylic oxidation sites excluding steroid dienone is 3. The van der Waals surface area contributed by atoms with E-state index in [1.807, 2.05) is 25.1 Å². The molecule has 0 saturated heterocycles. The maximum atomic E-state index is 10.7. The zero-order chi connectivity index (χ0) is 14.7. The van der Waals surface area contributed by atoms with Crippen LogP contribution >= 0.6 is 0 Å². The van der Waals surface area contributed by atoms with E-state index in [9.17, 15) is 4.79 Å². The molecule has 0 saturated carbocycles. The molecule has 0 aliphatic carbocycles. The average molecular weight is 269 g/mol. The van der Waals surface area contributed by atoms with Gasteiger partial charge in [-0.2, -0.15) is 0 Å². The predicted molar refractivity (Wildman–Crippen MR) is 82.7 cm³/mol. The van der Waals surface area contributed by atoms with E-state index in [1.54, 1.807) is 0 Å². The standard InChI is InChI=1S/C17H19NO2/c1-12(2)6-8-18-9-7-15-11-14(4-5-16(15)18)13(3)10-17(19)20/h4-7,9-11H,8H2,1-3H3,(H,19,20)/b13-10+. The number of aliphatic carboxylic acids is 1. The molecule has 104 valence electrons. The van der Waals surface area contributed by atoms with E-state index >= 15 is 0 Å². The molecule has 2 rings (SSSR count). The summed E-state index contributed by atoms with van der Waals surface area (Å²) in [5, 5.41) is 9.93. The Morgan fingerprint density at radius 1 is 1.25 bits per heavy atom. The summed E-state index contributed by atoms with van der Waals surface area (Å²) in [6.45, 7) is 6.85. The Balaban J connectivity index is 2.38. The summed E-state index contributed by atoms with van der Waals surface area (Å²) in [7, 11) is 0. The first-order chi connectivity index (χ1) is 9.47. The Labute approximate surface area is 118 Å². The summed E-state index contributed by atoms with van der Waals surface area (Å²) in [5.41, 5.74) is 4.16. The van der Waals surface area contributed by atoms with Crippen LogP contribution in [-0.2, 0) is 11.3 Å². The van der Waals surface area contributed by atoms with Crippen molar-refractivity contribution in [1.29, 1.82) is 0 Å². The van der Waals surface area contributed by atoms with Gasteiger partial charge in [-0.05, 0) is 50.1 Å². The van der Waals surface area contributed by atoms with Crippen molar-refractivity contribution in [2.24, 2.45) is 0 Å². The van der Waals surface area contributed by atoms with Gasteiger partial charge < -0.3 is 9.67 Å². The van der Waals surface area contributed by atoms with Crippen LogP contribution in [0.4, 0.5) is 0 Å². The summed E-state index contributed by atoms with van der Waals surface area (Å²) >= 11 is 0.